The maximum absolute atomic E-state index is 4.67. The summed E-state index contributed by atoms with van der Waals surface area (Å²) in [6.45, 7) is 4.12. The molecule has 1 heterocycles. The van der Waals surface area contributed by atoms with E-state index in [1.54, 1.807) is 0 Å². The number of amidine groups is 1. The van der Waals surface area contributed by atoms with Crippen LogP contribution in [0.1, 0.15) is 23.1 Å². The quantitative estimate of drug-likeness (QED) is 0.658. The van der Waals surface area contributed by atoms with Crippen molar-refractivity contribution in [3.05, 3.63) is 77.4 Å². The Kier molecular flexibility index (Phi) is 4.75. The second-order valence-corrected chi connectivity index (χ2v) is 7.40. The summed E-state index contributed by atoms with van der Waals surface area (Å²) in [5.74, 6) is 2.01. The lowest BCUT2D eigenvalue weighted by Crippen LogP contribution is -2.30. The van der Waals surface area contributed by atoms with Crippen molar-refractivity contribution >= 4 is 28.4 Å². The Hall–Kier alpha value is -2.26. The van der Waals surface area contributed by atoms with Crippen LogP contribution in [0.2, 0.25) is 0 Å². The van der Waals surface area contributed by atoms with Crippen molar-refractivity contribution < 1.29 is 0 Å². The highest BCUT2D eigenvalue weighted by Gasteiger charge is 2.12. The molecular formula is C22H22N2S. The summed E-state index contributed by atoms with van der Waals surface area (Å²) in [5.41, 5.74) is 3.95. The molecule has 0 aliphatic carbocycles. The van der Waals surface area contributed by atoms with Crippen LogP contribution in [0.25, 0.3) is 10.8 Å². The molecule has 4 rings (SSSR count). The van der Waals surface area contributed by atoms with Gasteiger partial charge in [0.05, 0.1) is 0 Å². The number of benzene rings is 3. The molecule has 3 aromatic carbocycles. The van der Waals surface area contributed by atoms with Crippen LogP contribution in [-0.2, 0) is 5.75 Å². The molecule has 0 amide bonds. The first-order valence-corrected chi connectivity index (χ1v) is 9.79. The van der Waals surface area contributed by atoms with Gasteiger partial charge in [-0.15, -0.1) is 11.8 Å². The molecule has 0 spiro atoms. The number of thioether (sulfide) groups is 1. The van der Waals surface area contributed by atoms with Gasteiger partial charge in [0.2, 0.25) is 0 Å². The largest absolute Gasteiger partial charge is 0.370 e. The fraction of sp³-hybridized carbons (Fsp3) is 0.227. The Morgan fingerprint density at radius 1 is 0.960 bits per heavy atom. The molecule has 0 radical (unpaired) electrons. The molecule has 0 aromatic heterocycles. The molecule has 0 atom stereocenters. The standard InChI is InChI=1S/C22H22N2S/c1-16-11-12-17(19-8-3-2-7-18(16)19)15-25-21-10-5-4-9-20(21)22-23-13-6-14-24-22/h2-5,7-12H,6,13-15H2,1H3,(H,23,24). The Labute approximate surface area is 153 Å². The smallest absolute Gasteiger partial charge is 0.129 e. The fourth-order valence-corrected chi connectivity index (χ4v) is 4.35. The van der Waals surface area contributed by atoms with Gasteiger partial charge in [-0.25, -0.2) is 0 Å². The van der Waals surface area contributed by atoms with Crippen LogP contribution < -0.4 is 5.32 Å². The van der Waals surface area contributed by atoms with Crippen molar-refractivity contribution in [2.45, 2.75) is 24.0 Å². The van der Waals surface area contributed by atoms with E-state index in [1.807, 2.05) is 11.8 Å². The summed E-state index contributed by atoms with van der Waals surface area (Å²) >= 11 is 1.89. The highest BCUT2D eigenvalue weighted by atomic mass is 32.2. The third-order valence-corrected chi connectivity index (χ3v) is 5.78. The molecule has 1 aliphatic heterocycles. The van der Waals surface area contributed by atoms with E-state index in [0.29, 0.717) is 0 Å². The zero-order valence-corrected chi connectivity index (χ0v) is 15.3. The molecule has 0 saturated carbocycles. The lowest BCUT2D eigenvalue weighted by atomic mass is 10.0. The first-order valence-electron chi connectivity index (χ1n) is 8.81. The van der Waals surface area contributed by atoms with Gasteiger partial charge in [0.25, 0.3) is 0 Å². The van der Waals surface area contributed by atoms with Crippen LogP contribution in [-0.4, -0.2) is 18.9 Å². The Balaban J connectivity index is 1.63. The van der Waals surface area contributed by atoms with Crippen LogP contribution in [0, 0.1) is 6.92 Å². The first kappa shape index (κ1) is 16.2. The van der Waals surface area contributed by atoms with Crippen LogP contribution in [0.4, 0.5) is 0 Å². The van der Waals surface area contributed by atoms with Gasteiger partial charge in [-0.3, -0.25) is 4.99 Å². The maximum atomic E-state index is 4.67. The van der Waals surface area contributed by atoms with E-state index in [9.17, 15) is 0 Å². The normalized spacial score (nSPS) is 14.2. The summed E-state index contributed by atoms with van der Waals surface area (Å²) in [5, 5.41) is 6.16. The molecule has 25 heavy (non-hydrogen) atoms. The number of rotatable bonds is 4. The maximum Gasteiger partial charge on any atom is 0.129 e. The van der Waals surface area contributed by atoms with Crippen LogP contribution in [0.15, 0.2) is 70.6 Å². The second kappa shape index (κ2) is 7.32. The van der Waals surface area contributed by atoms with Gasteiger partial charge in [0, 0.05) is 29.3 Å². The number of aliphatic imine (C=N–C) groups is 1. The van der Waals surface area contributed by atoms with E-state index in [-0.39, 0.29) is 0 Å². The van der Waals surface area contributed by atoms with Gasteiger partial charge >= 0.3 is 0 Å². The summed E-state index contributed by atoms with van der Waals surface area (Å²) in [6, 6.07) is 21.8. The molecule has 2 nitrogen and oxygen atoms in total. The monoisotopic (exact) mass is 346 g/mol. The van der Waals surface area contributed by atoms with Crippen molar-refractivity contribution in [2.24, 2.45) is 4.99 Å². The minimum Gasteiger partial charge on any atom is -0.370 e. The molecule has 1 aliphatic rings. The Bertz CT molecular complexity index is 930. The van der Waals surface area contributed by atoms with Gasteiger partial charge in [0.1, 0.15) is 5.84 Å². The van der Waals surface area contributed by atoms with Gasteiger partial charge in [0.15, 0.2) is 0 Å². The lowest BCUT2D eigenvalue weighted by Gasteiger charge is -2.17. The topological polar surface area (TPSA) is 24.4 Å². The van der Waals surface area contributed by atoms with E-state index in [0.717, 1.165) is 31.1 Å². The summed E-state index contributed by atoms with van der Waals surface area (Å²) in [7, 11) is 0. The van der Waals surface area contributed by atoms with Gasteiger partial charge in [-0.1, -0.05) is 54.6 Å². The van der Waals surface area contributed by atoms with Crippen molar-refractivity contribution in [2.75, 3.05) is 13.1 Å². The lowest BCUT2D eigenvalue weighted by molar-refractivity contribution is 0.741. The molecule has 126 valence electrons. The van der Waals surface area contributed by atoms with Crippen molar-refractivity contribution in [1.82, 2.24) is 5.32 Å². The minimum atomic E-state index is 0.921. The molecule has 3 aromatic rings. The van der Waals surface area contributed by atoms with Gasteiger partial charge in [-0.2, -0.15) is 0 Å². The van der Waals surface area contributed by atoms with Crippen LogP contribution in [0.3, 0.4) is 0 Å². The zero-order chi connectivity index (χ0) is 17.1. The van der Waals surface area contributed by atoms with Gasteiger partial charge in [-0.05, 0) is 41.3 Å². The number of hydrogen-bond acceptors (Lipinski definition) is 3. The van der Waals surface area contributed by atoms with Crippen molar-refractivity contribution in [1.29, 1.82) is 0 Å². The third-order valence-electron chi connectivity index (χ3n) is 4.65. The Morgan fingerprint density at radius 2 is 1.76 bits per heavy atom. The number of nitrogens with zero attached hydrogens (tertiary/aromatic N) is 1. The summed E-state index contributed by atoms with van der Waals surface area (Å²) < 4.78 is 0. The van der Waals surface area contributed by atoms with E-state index < -0.39 is 0 Å². The number of fused-ring (bicyclic) bond motifs is 1. The third kappa shape index (κ3) is 3.42. The number of aryl methyl sites for hydroxylation is 1. The number of hydrogen-bond donors (Lipinski definition) is 1. The molecule has 3 heteroatoms. The van der Waals surface area contributed by atoms with Crippen molar-refractivity contribution in [3.8, 4) is 0 Å². The first-order chi connectivity index (χ1) is 12.3. The van der Waals surface area contributed by atoms with E-state index in [1.165, 1.54) is 32.4 Å². The average molecular weight is 346 g/mol. The predicted molar refractivity (Wildman–Crippen MR) is 109 cm³/mol. The highest BCUT2D eigenvalue weighted by molar-refractivity contribution is 7.98. The minimum absolute atomic E-state index is 0.921. The van der Waals surface area contributed by atoms with Crippen molar-refractivity contribution in [3.63, 3.8) is 0 Å². The SMILES string of the molecule is Cc1ccc(CSc2ccccc2C2=NCCCN2)c2ccccc12. The van der Waals surface area contributed by atoms with E-state index in [4.69, 9.17) is 0 Å². The Morgan fingerprint density at radius 3 is 2.60 bits per heavy atom. The highest BCUT2D eigenvalue weighted by Crippen LogP contribution is 2.31. The second-order valence-electron chi connectivity index (χ2n) is 6.38. The summed E-state index contributed by atoms with van der Waals surface area (Å²) in [6.07, 6.45) is 1.12. The molecule has 0 unspecified atom stereocenters. The van der Waals surface area contributed by atoms with E-state index >= 15 is 0 Å². The predicted octanol–water partition coefficient (Wildman–Crippen LogP) is 5.18. The molecule has 1 N–H and O–H groups in total. The fourth-order valence-electron chi connectivity index (χ4n) is 3.29. The zero-order valence-electron chi connectivity index (χ0n) is 14.5. The molecule has 0 bridgehead atoms. The number of nitrogens with one attached hydrogen (secondary N) is 1. The van der Waals surface area contributed by atoms with Crippen LogP contribution in [0.5, 0.6) is 0 Å². The van der Waals surface area contributed by atoms with Gasteiger partial charge < -0.3 is 5.32 Å². The average Bonchev–Trinajstić information content (AvgIpc) is 2.69. The molecule has 0 saturated heterocycles. The summed E-state index contributed by atoms with van der Waals surface area (Å²) in [4.78, 5) is 5.96. The molecular weight excluding hydrogens is 324 g/mol. The van der Waals surface area contributed by atoms with Crippen LogP contribution >= 0.6 is 11.8 Å². The molecule has 0 fully saturated rings. The van der Waals surface area contributed by atoms with E-state index in [2.05, 4.69) is 77.9 Å².